The lowest BCUT2D eigenvalue weighted by atomic mass is 9.68. The van der Waals surface area contributed by atoms with E-state index in [2.05, 4.69) is 254 Å². The summed E-state index contributed by atoms with van der Waals surface area (Å²) in [6.07, 6.45) is 0. The smallest absolute Gasteiger partial charge is 0.0714 e. The highest BCUT2D eigenvalue weighted by Gasteiger charge is 2.47. The second-order valence-electron chi connectivity index (χ2n) is 17.1. The van der Waals surface area contributed by atoms with Crippen molar-refractivity contribution in [3.8, 4) is 55.6 Å². The molecular formula is C63H41N. The molecule has 2 aliphatic carbocycles. The second kappa shape index (κ2) is 14.4. The molecule has 0 N–H and O–H groups in total. The molecule has 1 nitrogen and oxygen atoms in total. The Labute approximate surface area is 373 Å². The Hall–Kier alpha value is -8.26. The molecule has 13 rings (SSSR count). The van der Waals surface area contributed by atoms with Crippen LogP contribution in [0, 0.1) is 0 Å². The van der Waals surface area contributed by atoms with Crippen LogP contribution in [-0.2, 0) is 5.41 Å². The van der Waals surface area contributed by atoms with Crippen LogP contribution in [0.1, 0.15) is 22.3 Å². The fourth-order valence-corrected chi connectivity index (χ4v) is 11.3. The predicted molar refractivity (Wildman–Crippen MR) is 269 cm³/mol. The highest BCUT2D eigenvalue weighted by Crippen LogP contribution is 2.60. The van der Waals surface area contributed by atoms with E-state index in [1.807, 2.05) is 0 Å². The van der Waals surface area contributed by atoms with Gasteiger partial charge in [-0.2, -0.15) is 0 Å². The molecule has 0 saturated heterocycles. The van der Waals surface area contributed by atoms with Gasteiger partial charge in [-0.3, -0.25) is 0 Å². The standard InChI is InChI=1S/C63H41N/c1-3-21-43(22-4-1)63(44-23-5-2-6-24-44)58-35-18-17-34-56(58)62-59(63)36-19-37-60(62)64(61-40-42-20-7-8-25-46(42)47-26-15-16-33-55(47)61)45-38-39-54-52-31-12-11-29-50(52)48-27-9-10-28-49(48)51-30-13-14-32-53(51)57(54)41-45/h1-41H. The number of anilines is 3. The molecule has 0 radical (unpaired) electrons. The van der Waals surface area contributed by atoms with Gasteiger partial charge in [0.05, 0.1) is 16.8 Å². The molecule has 1 heteroatoms. The lowest BCUT2D eigenvalue weighted by Gasteiger charge is -2.35. The predicted octanol–water partition coefficient (Wildman–Crippen LogP) is 16.8. The number of nitrogens with zero attached hydrogens (tertiary/aromatic N) is 1. The first-order valence-electron chi connectivity index (χ1n) is 22.3. The molecule has 0 fully saturated rings. The second-order valence-corrected chi connectivity index (χ2v) is 17.1. The maximum absolute atomic E-state index is 2.57. The van der Waals surface area contributed by atoms with Crippen LogP contribution >= 0.6 is 0 Å². The molecule has 11 aromatic carbocycles. The van der Waals surface area contributed by atoms with Gasteiger partial charge in [0.25, 0.3) is 0 Å². The normalized spacial score (nSPS) is 12.8. The average molecular weight is 812 g/mol. The zero-order valence-corrected chi connectivity index (χ0v) is 35.1. The van der Waals surface area contributed by atoms with E-state index in [1.54, 1.807) is 0 Å². The molecule has 0 spiro atoms. The van der Waals surface area contributed by atoms with Gasteiger partial charge in [-0.25, -0.2) is 0 Å². The summed E-state index contributed by atoms with van der Waals surface area (Å²) in [5, 5.41) is 4.90. The Bertz CT molecular complexity index is 3570. The van der Waals surface area contributed by atoms with E-state index in [0.717, 1.165) is 17.1 Å². The van der Waals surface area contributed by atoms with Crippen molar-refractivity contribution in [2.45, 2.75) is 5.41 Å². The SMILES string of the molecule is c1ccc(C2(c3ccccc3)c3ccccc3-c3c(N(c4ccc5c(c4)-c4ccccc4-c4ccccc4-c4ccccc4-5)c4cc5ccccc5c5ccccc45)cccc32)cc1. The third-order valence-electron chi connectivity index (χ3n) is 13.9. The lowest BCUT2D eigenvalue weighted by molar-refractivity contribution is 0.768. The van der Waals surface area contributed by atoms with E-state index < -0.39 is 5.41 Å². The van der Waals surface area contributed by atoms with E-state index in [9.17, 15) is 0 Å². The molecule has 0 aromatic heterocycles. The van der Waals surface area contributed by atoms with Crippen molar-refractivity contribution in [1.29, 1.82) is 0 Å². The Kier molecular flexibility index (Phi) is 8.20. The van der Waals surface area contributed by atoms with Crippen LogP contribution in [0.3, 0.4) is 0 Å². The molecule has 0 bridgehead atoms. The van der Waals surface area contributed by atoms with Gasteiger partial charge in [0.15, 0.2) is 0 Å². The molecule has 11 aromatic rings. The van der Waals surface area contributed by atoms with E-state index in [-0.39, 0.29) is 0 Å². The van der Waals surface area contributed by atoms with Crippen LogP contribution in [0.25, 0.3) is 77.2 Å². The maximum atomic E-state index is 2.57. The summed E-state index contributed by atoms with van der Waals surface area (Å²) in [7, 11) is 0. The molecule has 0 saturated carbocycles. The van der Waals surface area contributed by atoms with Crippen LogP contribution in [0.5, 0.6) is 0 Å². The van der Waals surface area contributed by atoms with Crippen molar-refractivity contribution < 1.29 is 0 Å². The maximum Gasteiger partial charge on any atom is 0.0714 e. The topological polar surface area (TPSA) is 3.24 Å². The van der Waals surface area contributed by atoms with Gasteiger partial charge >= 0.3 is 0 Å². The minimum Gasteiger partial charge on any atom is -0.309 e. The van der Waals surface area contributed by atoms with E-state index in [1.165, 1.54) is 99.4 Å². The number of hydrogen-bond acceptors (Lipinski definition) is 1. The first-order valence-corrected chi connectivity index (χ1v) is 22.3. The lowest BCUT2D eigenvalue weighted by Crippen LogP contribution is -2.28. The molecule has 2 aliphatic rings. The van der Waals surface area contributed by atoms with Crippen molar-refractivity contribution >= 4 is 38.6 Å². The first kappa shape index (κ1) is 36.4. The van der Waals surface area contributed by atoms with Crippen LogP contribution < -0.4 is 4.90 Å². The Morgan fingerprint density at radius 3 is 1.33 bits per heavy atom. The number of benzene rings is 11. The number of rotatable bonds is 5. The summed E-state index contributed by atoms with van der Waals surface area (Å²) in [6.45, 7) is 0. The fourth-order valence-electron chi connectivity index (χ4n) is 11.3. The first-order chi connectivity index (χ1) is 31.8. The van der Waals surface area contributed by atoms with Crippen LogP contribution in [0.4, 0.5) is 17.1 Å². The zero-order chi connectivity index (χ0) is 42.2. The van der Waals surface area contributed by atoms with Crippen LogP contribution in [0.2, 0.25) is 0 Å². The summed E-state index contributed by atoms with van der Waals surface area (Å²) in [5.41, 5.74) is 20.3. The molecule has 298 valence electrons. The van der Waals surface area contributed by atoms with Crippen molar-refractivity contribution in [3.05, 3.63) is 271 Å². The van der Waals surface area contributed by atoms with Gasteiger partial charge in [0.1, 0.15) is 0 Å². The van der Waals surface area contributed by atoms with Gasteiger partial charge in [0, 0.05) is 16.6 Å². The highest BCUT2D eigenvalue weighted by atomic mass is 15.1. The molecular weight excluding hydrogens is 771 g/mol. The molecule has 0 atom stereocenters. The summed E-state index contributed by atoms with van der Waals surface area (Å²) >= 11 is 0. The highest BCUT2D eigenvalue weighted by molar-refractivity contribution is 6.16. The minimum atomic E-state index is -0.538. The third-order valence-corrected chi connectivity index (χ3v) is 13.9. The molecule has 64 heavy (non-hydrogen) atoms. The molecule has 0 aliphatic heterocycles. The average Bonchev–Trinajstić information content (AvgIpc) is 3.68. The van der Waals surface area contributed by atoms with E-state index in [0.29, 0.717) is 0 Å². The quantitative estimate of drug-likeness (QED) is 0.157. The van der Waals surface area contributed by atoms with Crippen molar-refractivity contribution in [3.63, 3.8) is 0 Å². The number of fused-ring (bicyclic) bond motifs is 14. The van der Waals surface area contributed by atoms with Gasteiger partial charge in [-0.1, -0.05) is 224 Å². The Morgan fingerprint density at radius 2 is 0.719 bits per heavy atom. The summed E-state index contributed by atoms with van der Waals surface area (Å²) < 4.78 is 0. The molecule has 0 amide bonds. The van der Waals surface area contributed by atoms with Crippen molar-refractivity contribution in [2.75, 3.05) is 4.90 Å². The van der Waals surface area contributed by atoms with Gasteiger partial charge in [-0.05, 0) is 113 Å². The third kappa shape index (κ3) is 5.25. The number of hydrogen-bond donors (Lipinski definition) is 0. The minimum absolute atomic E-state index is 0.538. The summed E-state index contributed by atoms with van der Waals surface area (Å²) in [6, 6.07) is 92.5. The summed E-state index contributed by atoms with van der Waals surface area (Å²) in [5.74, 6) is 0. The van der Waals surface area contributed by atoms with Gasteiger partial charge in [0.2, 0.25) is 0 Å². The molecule has 0 unspecified atom stereocenters. The Balaban J connectivity index is 1.16. The van der Waals surface area contributed by atoms with Crippen molar-refractivity contribution in [1.82, 2.24) is 0 Å². The van der Waals surface area contributed by atoms with Gasteiger partial charge < -0.3 is 4.90 Å². The van der Waals surface area contributed by atoms with Crippen LogP contribution in [-0.4, -0.2) is 0 Å². The van der Waals surface area contributed by atoms with Crippen LogP contribution in [0.15, 0.2) is 249 Å². The summed E-state index contributed by atoms with van der Waals surface area (Å²) in [4.78, 5) is 2.57. The van der Waals surface area contributed by atoms with E-state index >= 15 is 0 Å². The fraction of sp³-hybridized carbons (Fsp3) is 0.0159. The van der Waals surface area contributed by atoms with Gasteiger partial charge in [-0.15, -0.1) is 0 Å². The van der Waals surface area contributed by atoms with Crippen molar-refractivity contribution in [2.24, 2.45) is 0 Å². The molecule has 0 heterocycles. The van der Waals surface area contributed by atoms with E-state index in [4.69, 9.17) is 0 Å². The zero-order valence-electron chi connectivity index (χ0n) is 35.1. The monoisotopic (exact) mass is 811 g/mol. The Morgan fingerprint density at radius 1 is 0.266 bits per heavy atom. The largest absolute Gasteiger partial charge is 0.309 e.